The van der Waals surface area contributed by atoms with Crippen LogP contribution in [0.15, 0.2) is 0 Å². The van der Waals surface area contributed by atoms with Crippen molar-refractivity contribution in [2.75, 3.05) is 26.7 Å². The van der Waals surface area contributed by atoms with Crippen LogP contribution in [0.25, 0.3) is 0 Å². The number of hydrogen-bond acceptors (Lipinski definition) is 4. The summed E-state index contributed by atoms with van der Waals surface area (Å²) in [5.41, 5.74) is 0. The molecule has 0 amide bonds. The second kappa shape index (κ2) is 6.08. The highest BCUT2D eigenvalue weighted by molar-refractivity contribution is 5.76. The SMILES string of the molecule is CCNC(CN(C)C1CC1)C(=O)OCC. The third-order valence-corrected chi connectivity index (χ3v) is 2.66. The summed E-state index contributed by atoms with van der Waals surface area (Å²) in [4.78, 5) is 13.8. The van der Waals surface area contributed by atoms with Gasteiger partial charge >= 0.3 is 5.97 Å². The minimum absolute atomic E-state index is 0.133. The summed E-state index contributed by atoms with van der Waals surface area (Å²) >= 11 is 0. The summed E-state index contributed by atoms with van der Waals surface area (Å²) in [5, 5.41) is 3.16. The number of nitrogens with zero attached hydrogens (tertiary/aromatic N) is 1. The summed E-state index contributed by atoms with van der Waals surface area (Å²) in [6.45, 7) is 5.84. The van der Waals surface area contributed by atoms with Gasteiger partial charge in [-0.25, -0.2) is 0 Å². The number of likely N-dealkylation sites (N-methyl/N-ethyl adjacent to an activating group) is 2. The van der Waals surface area contributed by atoms with E-state index in [1.54, 1.807) is 0 Å². The Kier molecular flexibility index (Phi) is 5.05. The number of ether oxygens (including phenoxy) is 1. The van der Waals surface area contributed by atoms with Crippen molar-refractivity contribution in [1.82, 2.24) is 10.2 Å². The van der Waals surface area contributed by atoms with Crippen molar-refractivity contribution in [3.8, 4) is 0 Å². The van der Waals surface area contributed by atoms with Crippen LogP contribution in [0.3, 0.4) is 0 Å². The molecule has 1 N–H and O–H groups in total. The van der Waals surface area contributed by atoms with Gasteiger partial charge in [0.1, 0.15) is 6.04 Å². The smallest absolute Gasteiger partial charge is 0.324 e. The lowest BCUT2D eigenvalue weighted by molar-refractivity contribution is -0.146. The average molecular weight is 214 g/mol. The average Bonchev–Trinajstić information content (AvgIpc) is 3.00. The minimum atomic E-state index is -0.180. The molecule has 0 saturated heterocycles. The third kappa shape index (κ3) is 4.18. The van der Waals surface area contributed by atoms with Crippen molar-refractivity contribution in [3.05, 3.63) is 0 Å². The van der Waals surface area contributed by atoms with Gasteiger partial charge in [-0.3, -0.25) is 4.79 Å². The number of esters is 1. The molecule has 88 valence electrons. The predicted molar refractivity (Wildman–Crippen MR) is 59.7 cm³/mol. The lowest BCUT2D eigenvalue weighted by Gasteiger charge is -2.22. The molecule has 4 nitrogen and oxygen atoms in total. The standard InChI is InChI=1S/C11H22N2O2/c1-4-12-10(11(14)15-5-2)8-13(3)9-6-7-9/h9-10,12H,4-8H2,1-3H3. The van der Waals surface area contributed by atoms with Gasteiger partial charge in [0.25, 0.3) is 0 Å². The van der Waals surface area contributed by atoms with Crippen LogP contribution in [0.2, 0.25) is 0 Å². The first-order valence-electron chi connectivity index (χ1n) is 5.79. The van der Waals surface area contributed by atoms with Crippen molar-refractivity contribution >= 4 is 5.97 Å². The van der Waals surface area contributed by atoms with Crippen molar-refractivity contribution in [2.45, 2.75) is 38.8 Å². The molecular weight excluding hydrogens is 192 g/mol. The number of carbonyl (C=O) groups is 1. The zero-order chi connectivity index (χ0) is 11.3. The monoisotopic (exact) mass is 214 g/mol. The highest BCUT2D eigenvalue weighted by atomic mass is 16.5. The molecule has 1 atom stereocenters. The summed E-state index contributed by atoms with van der Waals surface area (Å²) in [6, 6.07) is 0.501. The summed E-state index contributed by atoms with van der Waals surface area (Å²) in [5.74, 6) is -0.133. The van der Waals surface area contributed by atoms with Gasteiger partial charge in [0.2, 0.25) is 0 Å². The van der Waals surface area contributed by atoms with E-state index < -0.39 is 0 Å². The van der Waals surface area contributed by atoms with Crippen LogP contribution in [-0.4, -0.2) is 49.7 Å². The molecule has 0 bridgehead atoms. The molecule has 1 aliphatic rings. The third-order valence-electron chi connectivity index (χ3n) is 2.66. The zero-order valence-electron chi connectivity index (χ0n) is 9.95. The van der Waals surface area contributed by atoms with Gasteiger partial charge in [0.05, 0.1) is 6.61 Å². The first-order valence-corrected chi connectivity index (χ1v) is 5.79. The van der Waals surface area contributed by atoms with Crippen LogP contribution in [0.1, 0.15) is 26.7 Å². The lowest BCUT2D eigenvalue weighted by Crippen LogP contribution is -2.46. The maximum atomic E-state index is 11.6. The maximum absolute atomic E-state index is 11.6. The van der Waals surface area contributed by atoms with Crippen LogP contribution < -0.4 is 5.32 Å². The van der Waals surface area contributed by atoms with Gasteiger partial charge in [0, 0.05) is 12.6 Å². The molecule has 1 rings (SSSR count). The molecule has 1 unspecified atom stereocenters. The van der Waals surface area contributed by atoms with E-state index in [0.717, 1.165) is 13.1 Å². The summed E-state index contributed by atoms with van der Waals surface area (Å²) in [7, 11) is 2.07. The molecule has 0 aromatic rings. The van der Waals surface area contributed by atoms with Crippen molar-refractivity contribution in [3.63, 3.8) is 0 Å². The minimum Gasteiger partial charge on any atom is -0.465 e. The predicted octanol–water partition coefficient (Wildman–Crippen LogP) is 0.622. The fourth-order valence-corrected chi connectivity index (χ4v) is 1.66. The molecule has 1 saturated carbocycles. The van der Waals surface area contributed by atoms with E-state index in [0.29, 0.717) is 12.6 Å². The van der Waals surface area contributed by atoms with Gasteiger partial charge in [-0.05, 0) is 33.4 Å². The fourth-order valence-electron chi connectivity index (χ4n) is 1.66. The lowest BCUT2D eigenvalue weighted by atomic mass is 10.2. The first kappa shape index (κ1) is 12.5. The number of hydrogen-bond donors (Lipinski definition) is 1. The zero-order valence-corrected chi connectivity index (χ0v) is 9.95. The highest BCUT2D eigenvalue weighted by Crippen LogP contribution is 2.25. The van der Waals surface area contributed by atoms with E-state index in [1.165, 1.54) is 12.8 Å². The van der Waals surface area contributed by atoms with E-state index in [1.807, 2.05) is 13.8 Å². The molecule has 0 radical (unpaired) electrons. The van der Waals surface area contributed by atoms with E-state index in [9.17, 15) is 4.79 Å². The Hall–Kier alpha value is -0.610. The van der Waals surface area contributed by atoms with Crippen LogP contribution in [0.5, 0.6) is 0 Å². The molecule has 0 spiro atoms. The van der Waals surface area contributed by atoms with Gasteiger partial charge < -0.3 is 15.0 Å². The second-order valence-corrected chi connectivity index (χ2v) is 4.03. The Morgan fingerprint density at radius 3 is 2.67 bits per heavy atom. The quantitative estimate of drug-likeness (QED) is 0.631. The molecule has 0 aromatic heterocycles. The Morgan fingerprint density at radius 2 is 2.20 bits per heavy atom. The maximum Gasteiger partial charge on any atom is 0.324 e. The van der Waals surface area contributed by atoms with E-state index in [2.05, 4.69) is 17.3 Å². The van der Waals surface area contributed by atoms with E-state index in [4.69, 9.17) is 4.74 Å². The first-order chi connectivity index (χ1) is 7.19. The Morgan fingerprint density at radius 1 is 1.53 bits per heavy atom. The second-order valence-electron chi connectivity index (χ2n) is 4.03. The van der Waals surface area contributed by atoms with Gasteiger partial charge in [-0.2, -0.15) is 0 Å². The van der Waals surface area contributed by atoms with Gasteiger partial charge in [0.15, 0.2) is 0 Å². The Labute approximate surface area is 92.0 Å². The van der Waals surface area contributed by atoms with E-state index in [-0.39, 0.29) is 12.0 Å². The largest absolute Gasteiger partial charge is 0.465 e. The normalized spacial score (nSPS) is 17.9. The molecule has 0 aliphatic heterocycles. The Bertz CT molecular complexity index is 205. The highest BCUT2D eigenvalue weighted by Gasteiger charge is 2.29. The molecule has 1 aliphatic carbocycles. The van der Waals surface area contributed by atoms with E-state index >= 15 is 0 Å². The van der Waals surface area contributed by atoms with Crippen LogP contribution >= 0.6 is 0 Å². The van der Waals surface area contributed by atoms with Crippen molar-refractivity contribution in [2.24, 2.45) is 0 Å². The van der Waals surface area contributed by atoms with Crippen molar-refractivity contribution < 1.29 is 9.53 Å². The molecule has 4 heteroatoms. The number of rotatable bonds is 7. The van der Waals surface area contributed by atoms with Crippen LogP contribution in [0.4, 0.5) is 0 Å². The summed E-state index contributed by atoms with van der Waals surface area (Å²) < 4.78 is 5.03. The van der Waals surface area contributed by atoms with Gasteiger partial charge in [-0.15, -0.1) is 0 Å². The summed E-state index contributed by atoms with van der Waals surface area (Å²) in [6.07, 6.45) is 2.52. The number of carbonyl (C=O) groups excluding carboxylic acids is 1. The van der Waals surface area contributed by atoms with Crippen molar-refractivity contribution in [1.29, 1.82) is 0 Å². The molecule has 1 fully saturated rings. The number of nitrogens with one attached hydrogen (secondary N) is 1. The molecular formula is C11H22N2O2. The molecule has 15 heavy (non-hydrogen) atoms. The molecule has 0 aromatic carbocycles. The van der Waals surface area contributed by atoms with Crippen LogP contribution in [-0.2, 0) is 9.53 Å². The molecule has 0 heterocycles. The van der Waals surface area contributed by atoms with Gasteiger partial charge in [-0.1, -0.05) is 6.92 Å². The Balaban J connectivity index is 2.37. The topological polar surface area (TPSA) is 41.6 Å². The van der Waals surface area contributed by atoms with Crippen LogP contribution in [0, 0.1) is 0 Å². The fraction of sp³-hybridized carbons (Fsp3) is 0.909.